The van der Waals surface area contributed by atoms with Crippen molar-refractivity contribution in [2.24, 2.45) is 0 Å². The van der Waals surface area contributed by atoms with Crippen molar-refractivity contribution in [2.45, 2.75) is 181 Å². The van der Waals surface area contributed by atoms with E-state index in [4.69, 9.17) is 0 Å². The molecule has 1 aromatic heterocycles. The highest BCUT2D eigenvalue weighted by Gasteiger charge is 2.63. The number of nitrogens with zero attached hydrogens (tertiary/aromatic N) is 3. The van der Waals surface area contributed by atoms with Gasteiger partial charge in [-0.2, -0.15) is 0 Å². The van der Waals surface area contributed by atoms with Crippen LogP contribution in [0.4, 0.5) is 39.8 Å². The Labute approximate surface area is 417 Å². The molecule has 2 fully saturated rings. The molecule has 4 aliphatic heterocycles. The molecule has 0 radical (unpaired) electrons. The molecule has 2 aliphatic carbocycles. The van der Waals surface area contributed by atoms with Gasteiger partial charge in [-0.25, -0.2) is 0 Å². The van der Waals surface area contributed by atoms with Crippen molar-refractivity contribution < 1.29 is 0 Å². The lowest BCUT2D eigenvalue weighted by atomic mass is 9.32. The summed E-state index contributed by atoms with van der Waals surface area (Å²) in [4.78, 5) is 8.71. The van der Waals surface area contributed by atoms with E-state index in [0.29, 0.717) is 0 Å². The molecule has 0 spiro atoms. The number of hydrogen-bond acceptors (Lipinski definition) is 4. The van der Waals surface area contributed by atoms with Gasteiger partial charge in [-0.1, -0.05) is 141 Å². The fraction of sp³-hybridized carbons (Fsp3) is 0.438. The van der Waals surface area contributed by atoms with Crippen molar-refractivity contribution in [2.75, 3.05) is 14.7 Å². The molecule has 7 aromatic rings. The first-order chi connectivity index (χ1) is 32.6. The van der Waals surface area contributed by atoms with Gasteiger partial charge in [0.25, 0.3) is 6.71 Å². The summed E-state index contributed by atoms with van der Waals surface area (Å²) in [5.74, 6) is 0. The van der Waals surface area contributed by atoms with Gasteiger partial charge in [-0.05, 0) is 164 Å². The SMILES string of the molecule is Cc1cc(C)c2c3c1B1c4ccc5sc6ccccc6c5c4N(c4c(C)cc(C(C)(C)C)cc4C)c4cc(N5c6ccc(C(C)(C)C)cc6C6(C)CCCCC56C)cc(c41)N3C1(C)CCCCC21C. The van der Waals surface area contributed by atoms with Crippen LogP contribution in [0.2, 0.25) is 0 Å². The van der Waals surface area contributed by atoms with Gasteiger partial charge in [0.05, 0.1) is 22.5 Å². The van der Waals surface area contributed by atoms with E-state index in [1.165, 1.54) is 156 Å². The van der Waals surface area contributed by atoms with Crippen LogP contribution in [-0.4, -0.2) is 17.8 Å². The summed E-state index contributed by atoms with van der Waals surface area (Å²) in [5.41, 5.74) is 25.8. The molecule has 5 heteroatoms. The van der Waals surface area contributed by atoms with Crippen molar-refractivity contribution in [1.82, 2.24) is 0 Å². The number of anilines is 7. The van der Waals surface area contributed by atoms with Gasteiger partial charge in [0, 0.05) is 59.4 Å². The number of fused-ring (bicyclic) bond motifs is 14. The third kappa shape index (κ3) is 5.42. The number of rotatable bonds is 2. The first kappa shape index (κ1) is 44.0. The van der Waals surface area contributed by atoms with E-state index in [9.17, 15) is 0 Å². The summed E-state index contributed by atoms with van der Waals surface area (Å²) >= 11 is 1.96. The zero-order valence-electron chi connectivity index (χ0n) is 44.1. The maximum absolute atomic E-state index is 2.99. The predicted octanol–water partition coefficient (Wildman–Crippen LogP) is 16.0. The Morgan fingerprint density at radius 1 is 0.522 bits per heavy atom. The fourth-order valence-corrected chi connectivity index (χ4v) is 17.1. The van der Waals surface area contributed by atoms with Crippen LogP contribution in [0.25, 0.3) is 20.2 Å². The van der Waals surface area contributed by atoms with Crippen LogP contribution in [0.15, 0.2) is 84.9 Å². The highest BCUT2D eigenvalue weighted by atomic mass is 32.1. The van der Waals surface area contributed by atoms with Gasteiger partial charge in [0.15, 0.2) is 0 Å². The third-order valence-electron chi connectivity index (χ3n) is 19.9. The molecule has 13 rings (SSSR count). The normalized spacial score (nSPS) is 25.5. The van der Waals surface area contributed by atoms with Gasteiger partial charge < -0.3 is 14.7 Å². The van der Waals surface area contributed by atoms with Crippen molar-refractivity contribution >= 4 is 94.4 Å². The molecule has 3 nitrogen and oxygen atoms in total. The van der Waals surface area contributed by atoms with Crippen LogP contribution in [-0.2, 0) is 21.7 Å². The number of aryl methyl sites for hydroxylation is 4. The molecule has 0 saturated heterocycles. The van der Waals surface area contributed by atoms with Gasteiger partial charge >= 0.3 is 0 Å². The third-order valence-corrected chi connectivity index (χ3v) is 21.0. The lowest BCUT2D eigenvalue weighted by molar-refractivity contribution is 0.193. The molecular formula is C64H72BN3S. The van der Waals surface area contributed by atoms with E-state index in [1.54, 1.807) is 16.6 Å². The molecule has 4 unspecified atom stereocenters. The summed E-state index contributed by atoms with van der Waals surface area (Å²) < 4.78 is 2.72. The molecule has 2 saturated carbocycles. The highest BCUT2D eigenvalue weighted by molar-refractivity contribution is 7.26. The minimum absolute atomic E-state index is 0.0110. The Kier molecular flexibility index (Phi) is 8.86. The molecular weight excluding hydrogens is 854 g/mol. The van der Waals surface area contributed by atoms with Crippen LogP contribution in [0.1, 0.15) is 165 Å². The summed E-state index contributed by atoms with van der Waals surface area (Å²) in [6.07, 6.45) is 9.86. The average molecular weight is 926 g/mol. The Hall–Kier alpha value is -5.00. The molecule has 0 N–H and O–H groups in total. The van der Waals surface area contributed by atoms with E-state index < -0.39 is 0 Å². The van der Waals surface area contributed by atoms with Crippen LogP contribution < -0.4 is 31.1 Å². The molecule has 6 aromatic carbocycles. The first-order valence-electron chi connectivity index (χ1n) is 26.6. The molecule has 6 aliphatic rings. The number of thiophene rings is 1. The predicted molar refractivity (Wildman–Crippen MR) is 301 cm³/mol. The molecule has 5 heterocycles. The quantitative estimate of drug-likeness (QED) is 0.160. The summed E-state index contributed by atoms with van der Waals surface area (Å²) in [5, 5.41) is 2.76. The zero-order valence-corrected chi connectivity index (χ0v) is 44.9. The Morgan fingerprint density at radius 2 is 1.16 bits per heavy atom. The second-order valence-electron chi connectivity index (χ2n) is 25.8. The van der Waals surface area contributed by atoms with Gasteiger partial charge in [0.1, 0.15) is 0 Å². The summed E-state index contributed by atoms with van der Waals surface area (Å²) in [6, 6.07) is 34.9. The second-order valence-corrected chi connectivity index (χ2v) is 26.9. The molecule has 0 bridgehead atoms. The topological polar surface area (TPSA) is 9.72 Å². The lowest BCUT2D eigenvalue weighted by Gasteiger charge is -2.54. The van der Waals surface area contributed by atoms with Crippen molar-refractivity contribution in [3.8, 4) is 0 Å². The van der Waals surface area contributed by atoms with Gasteiger partial charge in [0.2, 0.25) is 0 Å². The van der Waals surface area contributed by atoms with Crippen molar-refractivity contribution in [3.05, 3.63) is 129 Å². The first-order valence-corrected chi connectivity index (χ1v) is 27.4. The average Bonchev–Trinajstić information content (AvgIpc) is 3.85. The van der Waals surface area contributed by atoms with E-state index in [1.807, 2.05) is 11.3 Å². The molecule has 352 valence electrons. The molecule has 69 heavy (non-hydrogen) atoms. The largest absolute Gasteiger partial charge is 0.335 e. The standard InChI is InChI=1S/C64H72BN3S/c1-37-31-38(2)54-58-53(37)62(12)28-18-20-30-64(62,14)68(58)49-36-43(67-47-25-23-41(59(5,6)7)34-45(47)61(11)27-17-19-29-63(61,67)13)35-48-55(49)65(54)46-24-26-51-52(44-21-15-16-22-50(44)69-51)57(46)66(48)56-39(3)32-42(33-40(56)4)60(8,9)10/h15-16,21-26,31-36H,17-20,27-30H2,1-14H3. The van der Waals surface area contributed by atoms with E-state index in [0.717, 1.165) is 0 Å². The van der Waals surface area contributed by atoms with Crippen LogP contribution in [0.3, 0.4) is 0 Å². The maximum atomic E-state index is 2.99. The van der Waals surface area contributed by atoms with Gasteiger partial charge in [-0.3, -0.25) is 0 Å². The van der Waals surface area contributed by atoms with Crippen molar-refractivity contribution in [3.63, 3.8) is 0 Å². The van der Waals surface area contributed by atoms with Crippen LogP contribution in [0.5, 0.6) is 0 Å². The summed E-state index contributed by atoms with van der Waals surface area (Å²) in [7, 11) is 0. The minimum Gasteiger partial charge on any atom is -0.335 e. The Bertz CT molecular complexity index is 3390. The fourth-order valence-electron chi connectivity index (χ4n) is 16.0. The van der Waals surface area contributed by atoms with E-state index >= 15 is 0 Å². The Morgan fingerprint density at radius 3 is 1.86 bits per heavy atom. The minimum atomic E-state index is -0.0992. The number of hydrogen-bond donors (Lipinski definition) is 0. The van der Waals surface area contributed by atoms with E-state index in [2.05, 4.69) is 197 Å². The van der Waals surface area contributed by atoms with E-state index in [-0.39, 0.29) is 39.5 Å². The zero-order chi connectivity index (χ0) is 48.3. The molecule has 4 atom stereocenters. The summed E-state index contributed by atoms with van der Waals surface area (Å²) in [6.45, 7) is 34.6. The lowest BCUT2D eigenvalue weighted by Crippen LogP contribution is -2.65. The van der Waals surface area contributed by atoms with Crippen LogP contribution in [0, 0.1) is 27.7 Å². The highest BCUT2D eigenvalue weighted by Crippen LogP contribution is 2.66. The number of benzene rings is 6. The monoisotopic (exact) mass is 926 g/mol. The van der Waals surface area contributed by atoms with Crippen LogP contribution >= 0.6 is 11.3 Å². The smallest absolute Gasteiger partial charge is 0.252 e. The maximum Gasteiger partial charge on any atom is 0.252 e. The molecule has 0 amide bonds. The van der Waals surface area contributed by atoms with Gasteiger partial charge in [-0.15, -0.1) is 11.3 Å². The second kappa shape index (κ2) is 13.9. The van der Waals surface area contributed by atoms with Crippen molar-refractivity contribution in [1.29, 1.82) is 0 Å². The Balaban J connectivity index is 1.21.